The summed E-state index contributed by atoms with van der Waals surface area (Å²) >= 11 is 0. The molecule has 7 nitrogen and oxygen atoms in total. The number of nitrogens with zero attached hydrogens (tertiary/aromatic N) is 6. The second-order valence-electron chi connectivity index (χ2n) is 6.83. The van der Waals surface area contributed by atoms with Gasteiger partial charge in [-0.2, -0.15) is 0 Å². The van der Waals surface area contributed by atoms with Gasteiger partial charge in [0.2, 0.25) is 0 Å². The summed E-state index contributed by atoms with van der Waals surface area (Å²) in [5.41, 5.74) is 0.739. The molecule has 1 aliphatic rings. The Labute approximate surface area is 151 Å². The van der Waals surface area contributed by atoms with Crippen LogP contribution in [0.2, 0.25) is 0 Å². The molecule has 4 rings (SSSR count). The van der Waals surface area contributed by atoms with Crippen LogP contribution in [0.5, 0.6) is 0 Å². The van der Waals surface area contributed by atoms with Crippen LogP contribution in [0.15, 0.2) is 41.5 Å². The maximum atomic E-state index is 12.8. The highest BCUT2D eigenvalue weighted by atomic mass is 16.1. The fourth-order valence-electron chi connectivity index (χ4n) is 3.58. The van der Waals surface area contributed by atoms with Crippen LogP contribution in [-0.4, -0.2) is 40.2 Å². The first-order chi connectivity index (χ1) is 12.6. The van der Waals surface area contributed by atoms with Crippen molar-refractivity contribution >= 4 is 22.5 Å². The highest BCUT2D eigenvalue weighted by Crippen LogP contribution is 2.34. The Morgan fingerprint density at radius 1 is 1.19 bits per heavy atom. The van der Waals surface area contributed by atoms with Crippen LogP contribution in [0.3, 0.4) is 0 Å². The third kappa shape index (κ3) is 2.69. The van der Waals surface area contributed by atoms with Gasteiger partial charge in [0, 0.05) is 33.8 Å². The van der Waals surface area contributed by atoms with E-state index in [2.05, 4.69) is 14.9 Å². The number of anilines is 2. The summed E-state index contributed by atoms with van der Waals surface area (Å²) in [4.78, 5) is 30.5. The van der Waals surface area contributed by atoms with E-state index < -0.39 is 0 Å². The number of fused-ring (bicyclic) bond motifs is 1. The molecule has 3 heterocycles. The van der Waals surface area contributed by atoms with Crippen molar-refractivity contribution in [1.29, 1.82) is 0 Å². The maximum Gasteiger partial charge on any atom is 0.261 e. The molecule has 1 atom stereocenters. The largest absolute Gasteiger partial charge is 0.363 e. The van der Waals surface area contributed by atoms with E-state index in [1.807, 2.05) is 49.3 Å². The molecule has 0 spiro atoms. The third-order valence-electron chi connectivity index (χ3n) is 4.96. The van der Waals surface area contributed by atoms with Crippen LogP contribution in [0, 0.1) is 0 Å². The van der Waals surface area contributed by atoms with Gasteiger partial charge in [0.15, 0.2) is 0 Å². The van der Waals surface area contributed by atoms with Crippen LogP contribution in [-0.2, 0) is 7.05 Å². The minimum atomic E-state index is -0.00545. The Bertz CT molecular complexity index is 1010. The average molecular weight is 350 g/mol. The van der Waals surface area contributed by atoms with E-state index in [4.69, 9.17) is 4.98 Å². The first-order valence-corrected chi connectivity index (χ1v) is 8.78. The molecule has 134 valence electrons. The van der Waals surface area contributed by atoms with Crippen molar-refractivity contribution in [2.75, 3.05) is 30.4 Å². The molecular weight excluding hydrogens is 328 g/mol. The van der Waals surface area contributed by atoms with Gasteiger partial charge in [-0.1, -0.05) is 12.1 Å². The average Bonchev–Trinajstić information content (AvgIpc) is 3.14. The van der Waals surface area contributed by atoms with Crippen LogP contribution >= 0.6 is 0 Å². The quantitative estimate of drug-likeness (QED) is 0.721. The SMILES string of the molecule is CN(C)c1cc(N2CCCC2c2nc3ccccc3c(=O)n2C)ncn1. The highest BCUT2D eigenvalue weighted by Gasteiger charge is 2.31. The zero-order valence-electron chi connectivity index (χ0n) is 15.3. The molecule has 1 fully saturated rings. The predicted octanol–water partition coefficient (Wildman–Crippen LogP) is 2.13. The number of aromatic nitrogens is 4. The zero-order valence-corrected chi connectivity index (χ0v) is 15.3. The van der Waals surface area contributed by atoms with Crippen LogP contribution in [0.1, 0.15) is 24.7 Å². The second-order valence-corrected chi connectivity index (χ2v) is 6.83. The Morgan fingerprint density at radius 2 is 2.00 bits per heavy atom. The van der Waals surface area contributed by atoms with E-state index in [1.165, 1.54) is 0 Å². The molecule has 0 amide bonds. The molecular formula is C19H22N6O. The van der Waals surface area contributed by atoms with Gasteiger partial charge < -0.3 is 9.80 Å². The van der Waals surface area contributed by atoms with Crippen molar-refractivity contribution in [3.05, 3.63) is 52.8 Å². The van der Waals surface area contributed by atoms with Crippen molar-refractivity contribution in [2.24, 2.45) is 7.05 Å². The Kier molecular flexibility index (Phi) is 4.06. The zero-order chi connectivity index (χ0) is 18.3. The summed E-state index contributed by atoms with van der Waals surface area (Å²) in [6.45, 7) is 0.886. The summed E-state index contributed by atoms with van der Waals surface area (Å²) in [7, 11) is 5.73. The molecule has 1 saturated heterocycles. The standard InChI is InChI=1S/C19H22N6O/c1-23(2)16-11-17(21-12-20-16)25-10-6-9-15(25)18-22-14-8-5-4-7-13(14)19(26)24(18)3/h4-5,7-8,11-12,15H,6,9-10H2,1-3H3. The molecule has 26 heavy (non-hydrogen) atoms. The summed E-state index contributed by atoms with van der Waals surface area (Å²) < 4.78 is 1.68. The van der Waals surface area contributed by atoms with Gasteiger partial charge in [0.05, 0.1) is 16.9 Å². The van der Waals surface area contributed by atoms with Gasteiger partial charge in [-0.05, 0) is 25.0 Å². The molecule has 2 aromatic heterocycles. The fourth-order valence-corrected chi connectivity index (χ4v) is 3.58. The second kappa shape index (κ2) is 6.40. The van der Waals surface area contributed by atoms with Crippen LogP contribution in [0.25, 0.3) is 10.9 Å². The van der Waals surface area contributed by atoms with E-state index >= 15 is 0 Å². The van der Waals surface area contributed by atoms with Gasteiger partial charge in [0.1, 0.15) is 23.8 Å². The van der Waals surface area contributed by atoms with Crippen molar-refractivity contribution in [3.8, 4) is 0 Å². The van der Waals surface area contributed by atoms with Gasteiger partial charge in [0.25, 0.3) is 5.56 Å². The van der Waals surface area contributed by atoms with Gasteiger partial charge in [-0.25, -0.2) is 15.0 Å². The summed E-state index contributed by atoms with van der Waals surface area (Å²) in [6.07, 6.45) is 3.57. The molecule has 7 heteroatoms. The van der Waals surface area contributed by atoms with E-state index in [-0.39, 0.29) is 11.6 Å². The van der Waals surface area contributed by atoms with Gasteiger partial charge in [-0.3, -0.25) is 9.36 Å². The monoisotopic (exact) mass is 350 g/mol. The minimum Gasteiger partial charge on any atom is -0.363 e. The van der Waals surface area contributed by atoms with Crippen LogP contribution < -0.4 is 15.4 Å². The topological polar surface area (TPSA) is 67.2 Å². The van der Waals surface area contributed by atoms with Gasteiger partial charge >= 0.3 is 0 Å². The number of para-hydroxylation sites is 1. The lowest BCUT2D eigenvalue weighted by Gasteiger charge is -2.27. The normalized spacial score (nSPS) is 17.0. The van der Waals surface area contributed by atoms with E-state index in [0.717, 1.165) is 42.4 Å². The van der Waals surface area contributed by atoms with E-state index in [0.29, 0.717) is 5.39 Å². The molecule has 3 aromatic rings. The summed E-state index contributed by atoms with van der Waals surface area (Å²) in [6, 6.07) is 9.53. The lowest BCUT2D eigenvalue weighted by Crippen LogP contribution is -2.31. The van der Waals surface area contributed by atoms with Crippen molar-refractivity contribution < 1.29 is 0 Å². The third-order valence-corrected chi connectivity index (χ3v) is 4.96. The predicted molar refractivity (Wildman–Crippen MR) is 103 cm³/mol. The van der Waals surface area contributed by atoms with Crippen LogP contribution in [0.4, 0.5) is 11.6 Å². The lowest BCUT2D eigenvalue weighted by molar-refractivity contribution is 0.607. The molecule has 0 radical (unpaired) electrons. The van der Waals surface area contributed by atoms with Crippen molar-refractivity contribution in [2.45, 2.75) is 18.9 Å². The molecule has 0 aliphatic carbocycles. The van der Waals surface area contributed by atoms with E-state index in [1.54, 1.807) is 17.9 Å². The lowest BCUT2D eigenvalue weighted by atomic mass is 10.1. The highest BCUT2D eigenvalue weighted by molar-refractivity contribution is 5.77. The van der Waals surface area contributed by atoms with Gasteiger partial charge in [-0.15, -0.1) is 0 Å². The molecule has 1 unspecified atom stereocenters. The molecule has 1 aromatic carbocycles. The van der Waals surface area contributed by atoms with Crippen molar-refractivity contribution in [3.63, 3.8) is 0 Å². The summed E-state index contributed by atoms with van der Waals surface area (Å²) in [5, 5.41) is 0.653. The first-order valence-electron chi connectivity index (χ1n) is 8.78. The Morgan fingerprint density at radius 3 is 2.81 bits per heavy atom. The molecule has 0 saturated carbocycles. The minimum absolute atomic E-state index is 0.00545. The Hall–Kier alpha value is -2.96. The number of hydrogen-bond acceptors (Lipinski definition) is 6. The maximum absolute atomic E-state index is 12.8. The number of benzene rings is 1. The van der Waals surface area contributed by atoms with Crippen molar-refractivity contribution in [1.82, 2.24) is 19.5 Å². The molecule has 1 aliphatic heterocycles. The smallest absolute Gasteiger partial charge is 0.261 e. The number of rotatable bonds is 3. The summed E-state index contributed by atoms with van der Waals surface area (Å²) in [5.74, 6) is 2.52. The first kappa shape index (κ1) is 16.5. The molecule has 0 N–H and O–H groups in total. The van der Waals surface area contributed by atoms with E-state index in [9.17, 15) is 4.79 Å². The fraction of sp³-hybridized carbons (Fsp3) is 0.368. The Balaban J connectivity index is 1.80. The molecule has 0 bridgehead atoms. The number of hydrogen-bond donors (Lipinski definition) is 0.